The van der Waals surface area contributed by atoms with Crippen molar-refractivity contribution < 1.29 is 14.1 Å². The molecule has 0 radical (unpaired) electrons. The Morgan fingerprint density at radius 2 is 2.25 bits per heavy atom. The van der Waals surface area contributed by atoms with Gasteiger partial charge in [0.1, 0.15) is 11.6 Å². The van der Waals surface area contributed by atoms with Gasteiger partial charge in [-0.2, -0.15) is 0 Å². The maximum atomic E-state index is 13.0. The molecule has 1 rings (SSSR count). The highest BCUT2D eigenvalue weighted by atomic mass is 19.1. The van der Waals surface area contributed by atoms with E-state index in [1.165, 1.54) is 6.07 Å². The van der Waals surface area contributed by atoms with Gasteiger partial charge in [0.15, 0.2) is 0 Å². The molecule has 0 N–H and O–H groups in total. The van der Waals surface area contributed by atoms with Gasteiger partial charge in [0.2, 0.25) is 0 Å². The average molecular weight is 225 g/mol. The highest BCUT2D eigenvalue weighted by Crippen LogP contribution is 2.21. The fraction of sp³-hybridized carbons (Fsp3) is 0.273. The first-order valence-corrected chi connectivity index (χ1v) is 4.82. The Labute approximate surface area is 92.5 Å². The largest absolute Gasteiger partial charge is 0.493 e. The second-order valence-corrected chi connectivity index (χ2v) is 3.18. The lowest BCUT2D eigenvalue weighted by Gasteiger charge is -2.04. The summed E-state index contributed by atoms with van der Waals surface area (Å²) in [5, 5.41) is 10.5. The SMILES string of the molecule is C=CCCCOc1cc(F)cc([N+](=O)[O-])c1. The molecule has 0 aromatic heterocycles. The summed E-state index contributed by atoms with van der Waals surface area (Å²) < 4.78 is 18.2. The van der Waals surface area contributed by atoms with Gasteiger partial charge in [-0.15, -0.1) is 6.58 Å². The van der Waals surface area contributed by atoms with E-state index < -0.39 is 10.7 Å². The number of hydrogen-bond acceptors (Lipinski definition) is 3. The monoisotopic (exact) mass is 225 g/mol. The molecular formula is C11H12FNO3. The van der Waals surface area contributed by atoms with E-state index in [0.29, 0.717) is 6.61 Å². The highest BCUT2D eigenvalue weighted by Gasteiger charge is 2.10. The van der Waals surface area contributed by atoms with Crippen LogP contribution in [0.5, 0.6) is 5.75 Å². The number of hydrogen-bond donors (Lipinski definition) is 0. The van der Waals surface area contributed by atoms with E-state index in [1.54, 1.807) is 6.08 Å². The molecule has 0 aliphatic carbocycles. The number of nitro groups is 1. The zero-order valence-electron chi connectivity index (χ0n) is 8.69. The third-order valence-electron chi connectivity index (χ3n) is 1.89. The van der Waals surface area contributed by atoms with Gasteiger partial charge in [-0.25, -0.2) is 4.39 Å². The van der Waals surface area contributed by atoms with Gasteiger partial charge in [0.25, 0.3) is 5.69 Å². The minimum absolute atomic E-state index is 0.177. The van der Waals surface area contributed by atoms with Crippen molar-refractivity contribution in [2.75, 3.05) is 6.61 Å². The van der Waals surface area contributed by atoms with Crippen molar-refractivity contribution in [2.24, 2.45) is 0 Å². The minimum atomic E-state index is -0.673. The van der Waals surface area contributed by atoms with Gasteiger partial charge in [0, 0.05) is 6.07 Å². The molecule has 0 aliphatic rings. The first-order valence-electron chi connectivity index (χ1n) is 4.82. The zero-order valence-corrected chi connectivity index (χ0v) is 8.69. The molecule has 0 saturated heterocycles. The van der Waals surface area contributed by atoms with Crippen molar-refractivity contribution in [1.82, 2.24) is 0 Å². The Hall–Kier alpha value is -1.91. The standard InChI is InChI=1S/C11H12FNO3/c1-2-3-4-5-16-11-7-9(12)6-10(8-11)13(14)15/h2,6-8H,1,3-5H2. The Kier molecular flexibility index (Phi) is 4.44. The second-order valence-electron chi connectivity index (χ2n) is 3.18. The molecule has 86 valence electrons. The van der Waals surface area contributed by atoms with E-state index in [0.717, 1.165) is 25.0 Å². The van der Waals surface area contributed by atoms with E-state index in [2.05, 4.69) is 6.58 Å². The first-order chi connectivity index (χ1) is 7.63. The Morgan fingerprint density at radius 1 is 1.50 bits per heavy atom. The predicted molar refractivity (Wildman–Crippen MR) is 58.0 cm³/mol. The molecule has 1 aromatic carbocycles. The Balaban J connectivity index is 2.65. The van der Waals surface area contributed by atoms with Crippen LogP contribution in [0.15, 0.2) is 30.9 Å². The molecule has 0 saturated carbocycles. The number of rotatable bonds is 6. The van der Waals surface area contributed by atoms with Gasteiger partial charge in [-0.1, -0.05) is 6.08 Å². The van der Waals surface area contributed by atoms with Crippen LogP contribution in [-0.4, -0.2) is 11.5 Å². The smallest absolute Gasteiger partial charge is 0.276 e. The number of benzene rings is 1. The van der Waals surface area contributed by atoms with Gasteiger partial charge in [-0.3, -0.25) is 10.1 Å². The van der Waals surface area contributed by atoms with Crippen LogP contribution in [0.2, 0.25) is 0 Å². The first kappa shape index (κ1) is 12.2. The van der Waals surface area contributed by atoms with E-state index in [1.807, 2.05) is 0 Å². The molecule has 0 fully saturated rings. The molecule has 0 atom stereocenters. The lowest BCUT2D eigenvalue weighted by Crippen LogP contribution is -1.98. The number of ether oxygens (including phenoxy) is 1. The van der Waals surface area contributed by atoms with Crippen LogP contribution in [-0.2, 0) is 0 Å². The summed E-state index contributed by atoms with van der Waals surface area (Å²) in [5.41, 5.74) is -0.307. The van der Waals surface area contributed by atoms with Crippen LogP contribution < -0.4 is 4.74 Å². The van der Waals surface area contributed by atoms with Crippen LogP contribution in [0, 0.1) is 15.9 Å². The molecule has 0 bridgehead atoms. The molecular weight excluding hydrogens is 213 g/mol. The van der Waals surface area contributed by atoms with E-state index in [-0.39, 0.29) is 11.4 Å². The van der Waals surface area contributed by atoms with Crippen LogP contribution in [0.1, 0.15) is 12.8 Å². The van der Waals surface area contributed by atoms with Gasteiger partial charge < -0.3 is 4.74 Å². The third-order valence-corrected chi connectivity index (χ3v) is 1.89. The molecule has 1 aromatic rings. The van der Waals surface area contributed by atoms with E-state index >= 15 is 0 Å². The summed E-state index contributed by atoms with van der Waals surface area (Å²) in [7, 11) is 0. The quantitative estimate of drug-likeness (QED) is 0.323. The molecule has 0 spiro atoms. The maximum absolute atomic E-state index is 13.0. The van der Waals surface area contributed by atoms with Crippen molar-refractivity contribution in [1.29, 1.82) is 0 Å². The highest BCUT2D eigenvalue weighted by molar-refractivity contribution is 5.38. The molecule has 16 heavy (non-hydrogen) atoms. The number of non-ortho nitro benzene ring substituents is 1. The minimum Gasteiger partial charge on any atom is -0.493 e. The van der Waals surface area contributed by atoms with Crippen molar-refractivity contribution in [3.63, 3.8) is 0 Å². The number of nitrogens with zero attached hydrogens (tertiary/aromatic N) is 1. The summed E-state index contributed by atoms with van der Waals surface area (Å²) in [5.74, 6) is -0.497. The van der Waals surface area contributed by atoms with Crippen molar-refractivity contribution in [2.45, 2.75) is 12.8 Å². The molecule has 0 amide bonds. The topological polar surface area (TPSA) is 52.4 Å². The normalized spacial score (nSPS) is 9.81. The average Bonchev–Trinajstić information content (AvgIpc) is 2.23. The van der Waals surface area contributed by atoms with Gasteiger partial charge in [-0.05, 0) is 12.8 Å². The second kappa shape index (κ2) is 5.85. The van der Waals surface area contributed by atoms with E-state index in [9.17, 15) is 14.5 Å². The van der Waals surface area contributed by atoms with Gasteiger partial charge >= 0.3 is 0 Å². The zero-order chi connectivity index (χ0) is 12.0. The summed E-state index contributed by atoms with van der Waals surface area (Å²) >= 11 is 0. The van der Waals surface area contributed by atoms with Gasteiger partial charge in [0.05, 0.1) is 23.7 Å². The van der Waals surface area contributed by atoms with Crippen LogP contribution in [0.3, 0.4) is 0 Å². The number of allylic oxidation sites excluding steroid dienone is 1. The molecule has 4 nitrogen and oxygen atoms in total. The number of unbranched alkanes of at least 4 members (excludes halogenated alkanes) is 1. The summed E-state index contributed by atoms with van der Waals surface area (Å²) in [6, 6.07) is 3.19. The van der Waals surface area contributed by atoms with Crippen molar-refractivity contribution in [3.05, 3.63) is 46.8 Å². The Morgan fingerprint density at radius 3 is 2.88 bits per heavy atom. The number of halogens is 1. The molecule has 0 heterocycles. The summed E-state index contributed by atoms with van der Waals surface area (Å²) in [6.07, 6.45) is 3.28. The molecule has 0 unspecified atom stereocenters. The van der Waals surface area contributed by atoms with Crippen LogP contribution in [0.4, 0.5) is 10.1 Å². The van der Waals surface area contributed by atoms with Crippen molar-refractivity contribution >= 4 is 5.69 Å². The molecule has 0 aliphatic heterocycles. The number of nitro benzene ring substituents is 1. The summed E-state index contributed by atoms with van der Waals surface area (Å²) in [4.78, 5) is 9.80. The maximum Gasteiger partial charge on any atom is 0.276 e. The van der Waals surface area contributed by atoms with Crippen molar-refractivity contribution in [3.8, 4) is 5.75 Å². The van der Waals surface area contributed by atoms with Crippen LogP contribution >= 0.6 is 0 Å². The lowest BCUT2D eigenvalue weighted by molar-refractivity contribution is -0.385. The predicted octanol–water partition coefficient (Wildman–Crippen LogP) is 3.08. The Bertz CT molecular complexity index is 393. The summed E-state index contributed by atoms with van der Waals surface area (Å²) in [6.45, 7) is 3.93. The fourth-order valence-electron chi connectivity index (χ4n) is 1.15. The molecule has 5 heteroatoms. The lowest BCUT2D eigenvalue weighted by atomic mass is 10.3. The van der Waals surface area contributed by atoms with Crippen LogP contribution in [0.25, 0.3) is 0 Å². The fourth-order valence-corrected chi connectivity index (χ4v) is 1.15. The van der Waals surface area contributed by atoms with E-state index in [4.69, 9.17) is 4.74 Å². The third kappa shape index (κ3) is 3.68.